The highest BCUT2D eigenvalue weighted by atomic mass is 32.1. The summed E-state index contributed by atoms with van der Waals surface area (Å²) in [6.07, 6.45) is 3.41. The number of non-ortho nitro benzene ring substituents is 1. The summed E-state index contributed by atoms with van der Waals surface area (Å²) in [4.78, 5) is 33.1. The number of fused-ring (bicyclic) bond motifs is 1. The number of benzene rings is 1. The number of aromatic nitrogens is 3. The van der Waals surface area contributed by atoms with E-state index in [2.05, 4.69) is 15.3 Å². The average molecular weight is 393 g/mol. The van der Waals surface area contributed by atoms with Gasteiger partial charge in [-0.25, -0.2) is 9.97 Å². The lowest BCUT2D eigenvalue weighted by Gasteiger charge is -2.06. The fourth-order valence-electron chi connectivity index (χ4n) is 2.86. The number of carbonyl (C=O) groups is 1. The van der Waals surface area contributed by atoms with Crippen LogP contribution in [0.2, 0.25) is 0 Å². The number of nitro benzene ring substituents is 1. The first-order valence-corrected chi connectivity index (χ1v) is 9.22. The molecular formula is C19H15N5O3S. The summed E-state index contributed by atoms with van der Waals surface area (Å²) in [7, 11) is 0. The van der Waals surface area contributed by atoms with Crippen molar-refractivity contribution in [3.63, 3.8) is 0 Å². The number of thiazole rings is 1. The molecule has 3 heterocycles. The maximum Gasteiger partial charge on any atom is 0.270 e. The quantitative estimate of drug-likeness (QED) is 0.413. The van der Waals surface area contributed by atoms with E-state index in [1.54, 1.807) is 24.5 Å². The third kappa shape index (κ3) is 3.12. The largest absolute Gasteiger partial charge is 0.306 e. The number of rotatable bonds is 4. The highest BCUT2D eigenvalue weighted by Crippen LogP contribution is 2.29. The molecule has 0 atom stereocenters. The van der Waals surface area contributed by atoms with Gasteiger partial charge in [0.15, 0.2) is 4.96 Å². The lowest BCUT2D eigenvalue weighted by atomic mass is 10.1. The number of nitro groups is 1. The standard InChI is InChI=1S/C19H15N5O3S/c1-11-5-4-8-20-17(11)22-18(25)16-12(2)23-10-15(21-19(23)28-16)13-6-3-7-14(9-13)24(26)27/h3-10H,1-2H3,(H,20,22,25). The van der Waals surface area contributed by atoms with E-state index in [0.717, 1.165) is 11.3 Å². The Morgan fingerprint density at radius 3 is 2.79 bits per heavy atom. The summed E-state index contributed by atoms with van der Waals surface area (Å²) in [6, 6.07) is 10.0. The van der Waals surface area contributed by atoms with Crippen molar-refractivity contribution in [2.75, 3.05) is 5.32 Å². The normalized spacial score (nSPS) is 10.9. The van der Waals surface area contributed by atoms with E-state index in [0.29, 0.717) is 26.9 Å². The van der Waals surface area contributed by atoms with Crippen molar-refractivity contribution < 1.29 is 9.72 Å². The van der Waals surface area contributed by atoms with Crippen molar-refractivity contribution in [3.05, 3.63) is 75.0 Å². The number of hydrogen-bond donors (Lipinski definition) is 1. The summed E-state index contributed by atoms with van der Waals surface area (Å²) in [5.41, 5.74) is 2.90. The SMILES string of the molecule is Cc1cccnc1NC(=O)c1sc2nc(-c3cccc([N+](=O)[O-])c3)cn2c1C. The summed E-state index contributed by atoms with van der Waals surface area (Å²) in [5, 5.41) is 13.8. The molecule has 1 N–H and O–H groups in total. The molecule has 0 unspecified atom stereocenters. The number of nitrogens with one attached hydrogen (secondary N) is 1. The van der Waals surface area contributed by atoms with Crippen molar-refractivity contribution in [2.24, 2.45) is 0 Å². The van der Waals surface area contributed by atoms with Crippen LogP contribution < -0.4 is 5.32 Å². The molecule has 4 rings (SSSR count). The van der Waals surface area contributed by atoms with Crippen molar-refractivity contribution >= 4 is 33.7 Å². The maximum atomic E-state index is 12.7. The molecule has 1 aromatic carbocycles. The molecule has 0 aliphatic rings. The first-order valence-electron chi connectivity index (χ1n) is 8.40. The van der Waals surface area contributed by atoms with E-state index in [1.165, 1.54) is 23.5 Å². The topological polar surface area (TPSA) is 102 Å². The van der Waals surface area contributed by atoms with Gasteiger partial charge in [-0.2, -0.15) is 0 Å². The van der Waals surface area contributed by atoms with Crippen LogP contribution in [0, 0.1) is 24.0 Å². The minimum atomic E-state index is -0.435. The highest BCUT2D eigenvalue weighted by Gasteiger charge is 2.19. The molecule has 0 spiro atoms. The predicted octanol–water partition coefficient (Wildman–Crippen LogP) is 4.24. The van der Waals surface area contributed by atoms with Gasteiger partial charge in [0.25, 0.3) is 11.6 Å². The molecule has 0 saturated carbocycles. The molecule has 1 amide bonds. The molecule has 4 aromatic rings. The Morgan fingerprint density at radius 2 is 2.07 bits per heavy atom. The van der Waals surface area contributed by atoms with Crippen LogP contribution in [0.5, 0.6) is 0 Å². The molecule has 0 radical (unpaired) electrons. The smallest absolute Gasteiger partial charge is 0.270 e. The number of imidazole rings is 1. The predicted molar refractivity (Wildman–Crippen MR) is 107 cm³/mol. The van der Waals surface area contributed by atoms with Gasteiger partial charge in [-0.1, -0.05) is 29.5 Å². The zero-order chi connectivity index (χ0) is 19.8. The Balaban J connectivity index is 1.67. The number of pyridine rings is 1. The van der Waals surface area contributed by atoms with Gasteiger partial charge in [0.1, 0.15) is 10.7 Å². The molecule has 28 heavy (non-hydrogen) atoms. The summed E-state index contributed by atoms with van der Waals surface area (Å²) in [5.74, 6) is 0.280. The Hall–Kier alpha value is -3.59. The molecule has 3 aromatic heterocycles. The monoisotopic (exact) mass is 393 g/mol. The van der Waals surface area contributed by atoms with E-state index >= 15 is 0 Å². The van der Waals surface area contributed by atoms with Crippen LogP contribution in [-0.2, 0) is 0 Å². The van der Waals surface area contributed by atoms with Gasteiger partial charge >= 0.3 is 0 Å². The van der Waals surface area contributed by atoms with E-state index in [4.69, 9.17) is 0 Å². The van der Waals surface area contributed by atoms with Gasteiger partial charge in [0.05, 0.1) is 10.6 Å². The number of anilines is 1. The zero-order valence-electron chi connectivity index (χ0n) is 15.0. The second-order valence-corrected chi connectivity index (χ2v) is 7.20. The summed E-state index contributed by atoms with van der Waals surface area (Å²) < 4.78 is 1.82. The van der Waals surface area contributed by atoms with Crippen molar-refractivity contribution in [1.82, 2.24) is 14.4 Å². The molecule has 0 aliphatic heterocycles. The van der Waals surface area contributed by atoms with Crippen LogP contribution in [0.1, 0.15) is 20.9 Å². The first kappa shape index (κ1) is 17.8. The van der Waals surface area contributed by atoms with Gasteiger partial charge in [-0.3, -0.25) is 19.3 Å². The lowest BCUT2D eigenvalue weighted by Crippen LogP contribution is -2.13. The van der Waals surface area contributed by atoms with E-state index in [9.17, 15) is 14.9 Å². The van der Waals surface area contributed by atoms with Gasteiger partial charge in [-0.05, 0) is 25.5 Å². The van der Waals surface area contributed by atoms with E-state index in [1.807, 2.05) is 30.4 Å². The Bertz CT molecular complexity index is 1230. The molecule has 8 nitrogen and oxygen atoms in total. The summed E-state index contributed by atoms with van der Waals surface area (Å²) in [6.45, 7) is 3.71. The van der Waals surface area contributed by atoms with Crippen molar-refractivity contribution in [2.45, 2.75) is 13.8 Å². The van der Waals surface area contributed by atoms with Crippen LogP contribution in [0.15, 0.2) is 48.8 Å². The second-order valence-electron chi connectivity index (χ2n) is 6.23. The maximum absolute atomic E-state index is 12.7. The van der Waals surface area contributed by atoms with Crippen LogP contribution in [0.25, 0.3) is 16.2 Å². The third-order valence-electron chi connectivity index (χ3n) is 4.36. The number of nitrogens with zero attached hydrogens (tertiary/aromatic N) is 4. The number of amides is 1. The molecule has 0 bridgehead atoms. The first-order chi connectivity index (χ1) is 13.4. The number of aryl methyl sites for hydroxylation is 2. The second kappa shape index (κ2) is 6.86. The van der Waals surface area contributed by atoms with Crippen LogP contribution in [0.3, 0.4) is 0 Å². The van der Waals surface area contributed by atoms with Crippen LogP contribution in [-0.4, -0.2) is 25.2 Å². The molecular weight excluding hydrogens is 378 g/mol. The minimum Gasteiger partial charge on any atom is -0.306 e. The minimum absolute atomic E-state index is 0.0105. The fraction of sp³-hybridized carbons (Fsp3) is 0.105. The zero-order valence-corrected chi connectivity index (χ0v) is 15.9. The van der Waals surface area contributed by atoms with Crippen LogP contribution >= 0.6 is 11.3 Å². The van der Waals surface area contributed by atoms with Gasteiger partial charge < -0.3 is 5.32 Å². The fourth-order valence-corrected chi connectivity index (χ4v) is 3.86. The molecule has 0 saturated heterocycles. The molecule has 0 fully saturated rings. The van der Waals surface area contributed by atoms with Gasteiger partial charge in [0.2, 0.25) is 0 Å². The lowest BCUT2D eigenvalue weighted by molar-refractivity contribution is -0.384. The molecule has 0 aliphatic carbocycles. The highest BCUT2D eigenvalue weighted by molar-refractivity contribution is 7.19. The average Bonchev–Trinajstić information content (AvgIpc) is 3.23. The third-order valence-corrected chi connectivity index (χ3v) is 5.51. The Labute approximate surface area is 163 Å². The summed E-state index contributed by atoms with van der Waals surface area (Å²) >= 11 is 1.26. The number of hydrogen-bond acceptors (Lipinski definition) is 6. The Morgan fingerprint density at radius 1 is 1.25 bits per heavy atom. The number of carbonyl (C=O) groups excluding carboxylic acids is 1. The molecule has 9 heteroatoms. The van der Waals surface area contributed by atoms with Gasteiger partial charge in [-0.15, -0.1) is 0 Å². The van der Waals surface area contributed by atoms with Crippen molar-refractivity contribution in [1.29, 1.82) is 0 Å². The van der Waals surface area contributed by atoms with Crippen molar-refractivity contribution in [3.8, 4) is 11.3 Å². The van der Waals surface area contributed by atoms with Gasteiger partial charge in [0, 0.05) is 35.8 Å². The molecule has 140 valence electrons. The van der Waals surface area contributed by atoms with E-state index < -0.39 is 4.92 Å². The van der Waals surface area contributed by atoms with Crippen LogP contribution in [0.4, 0.5) is 11.5 Å². The Kier molecular flexibility index (Phi) is 4.36. The van der Waals surface area contributed by atoms with E-state index in [-0.39, 0.29) is 11.6 Å².